The van der Waals surface area contributed by atoms with Crippen LogP contribution in [0.25, 0.3) is 0 Å². The normalized spacial score (nSPS) is 15.7. The van der Waals surface area contributed by atoms with E-state index in [1.54, 1.807) is 0 Å². The topological polar surface area (TPSA) is 95.1 Å². The Morgan fingerprint density at radius 2 is 1.89 bits per heavy atom. The van der Waals surface area contributed by atoms with Gasteiger partial charge in [0.05, 0.1) is 25.5 Å². The highest BCUT2D eigenvalue weighted by atomic mass is 127. The summed E-state index contributed by atoms with van der Waals surface area (Å²) in [7, 11) is -3.35. The minimum absolute atomic E-state index is 0. The molecule has 0 bridgehead atoms. The Labute approximate surface area is 185 Å². The molecule has 160 valence electrons. The van der Waals surface area contributed by atoms with Gasteiger partial charge in [-0.1, -0.05) is 30.3 Å². The molecular weight excluding hydrogens is 493 g/mol. The van der Waals surface area contributed by atoms with E-state index in [1.165, 1.54) is 0 Å². The van der Waals surface area contributed by atoms with Crippen molar-refractivity contribution in [3.63, 3.8) is 0 Å². The summed E-state index contributed by atoms with van der Waals surface area (Å²) in [6, 6.07) is 9.47. The first-order valence-electron chi connectivity index (χ1n) is 9.42. The van der Waals surface area contributed by atoms with Crippen molar-refractivity contribution in [1.29, 1.82) is 0 Å². The molecule has 1 fully saturated rings. The molecule has 1 aliphatic heterocycles. The fourth-order valence-corrected chi connectivity index (χ4v) is 3.54. The maximum absolute atomic E-state index is 12.1. The molecule has 0 aliphatic carbocycles. The second-order valence-corrected chi connectivity index (χ2v) is 8.19. The van der Waals surface area contributed by atoms with Crippen LogP contribution >= 0.6 is 24.0 Å². The molecular formula is C18H32IN5O3S. The fraction of sp³-hybridized carbons (Fsp3) is 0.611. The SMILES string of the molecule is CCNC(=NCCN1CCOCC1)NCCS(=O)(=O)NCc1ccccc1.I. The van der Waals surface area contributed by atoms with Crippen LogP contribution in [-0.2, 0) is 21.3 Å². The van der Waals surface area contributed by atoms with Crippen molar-refractivity contribution in [3.8, 4) is 0 Å². The maximum Gasteiger partial charge on any atom is 0.213 e. The van der Waals surface area contributed by atoms with Crippen molar-refractivity contribution in [2.75, 3.05) is 58.2 Å². The Balaban J connectivity index is 0.00000392. The van der Waals surface area contributed by atoms with Gasteiger partial charge < -0.3 is 15.4 Å². The van der Waals surface area contributed by atoms with Gasteiger partial charge in [-0.25, -0.2) is 13.1 Å². The molecule has 1 aromatic carbocycles. The van der Waals surface area contributed by atoms with Gasteiger partial charge in [0.2, 0.25) is 10.0 Å². The molecule has 0 saturated carbocycles. The molecule has 1 saturated heterocycles. The Hall–Kier alpha value is -0.950. The third-order valence-corrected chi connectivity index (χ3v) is 5.46. The van der Waals surface area contributed by atoms with E-state index in [9.17, 15) is 8.42 Å². The quantitative estimate of drug-likeness (QED) is 0.236. The number of sulfonamides is 1. The molecule has 1 aromatic rings. The summed E-state index contributed by atoms with van der Waals surface area (Å²) in [5, 5.41) is 6.23. The zero-order chi connectivity index (χ0) is 19.4. The lowest BCUT2D eigenvalue weighted by Crippen LogP contribution is -2.42. The first-order valence-corrected chi connectivity index (χ1v) is 11.1. The van der Waals surface area contributed by atoms with Crippen LogP contribution in [-0.4, -0.2) is 77.5 Å². The molecule has 0 aromatic heterocycles. The monoisotopic (exact) mass is 525 g/mol. The van der Waals surface area contributed by atoms with Gasteiger partial charge in [0.15, 0.2) is 5.96 Å². The van der Waals surface area contributed by atoms with Gasteiger partial charge in [0.25, 0.3) is 0 Å². The number of benzene rings is 1. The summed E-state index contributed by atoms with van der Waals surface area (Å²) < 4.78 is 32.2. The summed E-state index contributed by atoms with van der Waals surface area (Å²) in [5.74, 6) is 0.636. The Kier molecular flexibility index (Phi) is 12.6. The maximum atomic E-state index is 12.1. The Morgan fingerprint density at radius 1 is 1.18 bits per heavy atom. The average molecular weight is 525 g/mol. The molecule has 1 aliphatic rings. The first-order chi connectivity index (χ1) is 13.1. The molecule has 2 rings (SSSR count). The number of hydrogen-bond acceptors (Lipinski definition) is 5. The molecule has 8 nitrogen and oxygen atoms in total. The molecule has 0 atom stereocenters. The molecule has 0 amide bonds. The molecule has 28 heavy (non-hydrogen) atoms. The number of aliphatic imine (C=N–C) groups is 1. The average Bonchev–Trinajstić information content (AvgIpc) is 2.68. The highest BCUT2D eigenvalue weighted by Gasteiger charge is 2.11. The van der Waals surface area contributed by atoms with Crippen molar-refractivity contribution in [2.45, 2.75) is 13.5 Å². The number of rotatable bonds is 10. The van der Waals surface area contributed by atoms with Crippen LogP contribution in [0.4, 0.5) is 0 Å². The number of halogens is 1. The third kappa shape index (κ3) is 10.6. The van der Waals surface area contributed by atoms with E-state index in [1.807, 2.05) is 37.3 Å². The van der Waals surface area contributed by atoms with Gasteiger partial charge in [-0.15, -0.1) is 24.0 Å². The second-order valence-electron chi connectivity index (χ2n) is 6.27. The van der Waals surface area contributed by atoms with Crippen molar-refractivity contribution < 1.29 is 13.2 Å². The fourth-order valence-electron chi connectivity index (χ4n) is 2.63. The largest absolute Gasteiger partial charge is 0.379 e. The predicted molar refractivity (Wildman–Crippen MR) is 124 cm³/mol. The molecule has 0 radical (unpaired) electrons. The van der Waals surface area contributed by atoms with E-state index in [0.717, 1.165) is 45.0 Å². The summed E-state index contributed by atoms with van der Waals surface area (Å²) in [6.07, 6.45) is 0. The highest BCUT2D eigenvalue weighted by molar-refractivity contribution is 14.0. The van der Waals surface area contributed by atoms with Gasteiger partial charge in [-0.2, -0.15) is 0 Å². The van der Waals surface area contributed by atoms with E-state index in [2.05, 4.69) is 25.2 Å². The number of guanidine groups is 1. The van der Waals surface area contributed by atoms with Crippen LogP contribution in [0.5, 0.6) is 0 Å². The van der Waals surface area contributed by atoms with Gasteiger partial charge in [-0.3, -0.25) is 9.89 Å². The van der Waals surface area contributed by atoms with Gasteiger partial charge in [0, 0.05) is 39.3 Å². The smallest absolute Gasteiger partial charge is 0.213 e. The van der Waals surface area contributed by atoms with Crippen LogP contribution in [0.1, 0.15) is 12.5 Å². The van der Waals surface area contributed by atoms with Crippen molar-refractivity contribution >= 4 is 40.0 Å². The number of morpholine rings is 1. The summed E-state index contributed by atoms with van der Waals surface area (Å²) in [6.45, 7) is 8.26. The minimum atomic E-state index is -3.35. The van der Waals surface area contributed by atoms with E-state index in [0.29, 0.717) is 25.6 Å². The van der Waals surface area contributed by atoms with E-state index < -0.39 is 10.0 Å². The number of nitrogens with one attached hydrogen (secondary N) is 3. The number of ether oxygens (including phenoxy) is 1. The zero-order valence-corrected chi connectivity index (χ0v) is 19.5. The molecule has 0 spiro atoms. The standard InChI is InChI=1S/C18H31N5O3S.HI/c1-2-19-18(20-8-10-23-11-13-26-14-12-23)21-9-15-27(24,25)22-16-17-6-4-3-5-7-17;/h3-7,22H,2,8-16H2,1H3,(H2,19,20,21);1H. The minimum Gasteiger partial charge on any atom is -0.379 e. The zero-order valence-electron chi connectivity index (χ0n) is 16.4. The molecule has 3 N–H and O–H groups in total. The van der Waals surface area contributed by atoms with Crippen molar-refractivity contribution in [2.24, 2.45) is 4.99 Å². The lowest BCUT2D eigenvalue weighted by Gasteiger charge is -2.25. The van der Waals surface area contributed by atoms with Crippen LogP contribution in [0.2, 0.25) is 0 Å². The second kappa shape index (κ2) is 14.1. The van der Waals surface area contributed by atoms with Crippen LogP contribution < -0.4 is 15.4 Å². The Morgan fingerprint density at radius 3 is 2.57 bits per heavy atom. The lowest BCUT2D eigenvalue weighted by molar-refractivity contribution is 0.0394. The van der Waals surface area contributed by atoms with Crippen molar-refractivity contribution in [3.05, 3.63) is 35.9 Å². The van der Waals surface area contributed by atoms with Crippen LogP contribution in [0, 0.1) is 0 Å². The van der Waals surface area contributed by atoms with Crippen LogP contribution in [0.15, 0.2) is 35.3 Å². The van der Waals surface area contributed by atoms with Crippen LogP contribution in [0.3, 0.4) is 0 Å². The number of hydrogen-bond donors (Lipinski definition) is 3. The summed E-state index contributed by atoms with van der Waals surface area (Å²) in [5.41, 5.74) is 0.937. The van der Waals surface area contributed by atoms with Crippen molar-refractivity contribution in [1.82, 2.24) is 20.3 Å². The molecule has 10 heteroatoms. The van der Waals surface area contributed by atoms with E-state index >= 15 is 0 Å². The number of nitrogens with zero attached hydrogens (tertiary/aromatic N) is 2. The highest BCUT2D eigenvalue weighted by Crippen LogP contribution is 1.99. The molecule has 0 unspecified atom stereocenters. The van der Waals surface area contributed by atoms with Gasteiger partial charge >= 0.3 is 0 Å². The Bertz CT molecular complexity index is 667. The van der Waals surface area contributed by atoms with E-state index in [4.69, 9.17) is 4.74 Å². The van der Waals surface area contributed by atoms with Gasteiger partial charge in [-0.05, 0) is 12.5 Å². The summed E-state index contributed by atoms with van der Waals surface area (Å²) in [4.78, 5) is 6.83. The lowest BCUT2D eigenvalue weighted by atomic mass is 10.2. The predicted octanol–water partition coefficient (Wildman–Crippen LogP) is 0.611. The van der Waals surface area contributed by atoms with Gasteiger partial charge in [0.1, 0.15) is 0 Å². The summed E-state index contributed by atoms with van der Waals surface area (Å²) >= 11 is 0. The molecule has 1 heterocycles. The third-order valence-electron chi connectivity index (χ3n) is 4.14. The van der Waals surface area contributed by atoms with E-state index in [-0.39, 0.29) is 29.7 Å². The first kappa shape index (κ1) is 25.1.